The molecule has 0 bridgehead atoms. The SMILES string of the molecule is CC(=O)Nc1cccc([C@@H](C)NCc2cccc(C#N)c2)c1. The molecule has 2 rings (SSSR count). The number of amides is 1. The van der Waals surface area contributed by atoms with Crippen LogP contribution in [0.3, 0.4) is 0 Å². The minimum atomic E-state index is -0.0777. The third-order valence-electron chi connectivity index (χ3n) is 3.38. The highest BCUT2D eigenvalue weighted by molar-refractivity contribution is 5.88. The Balaban J connectivity index is 2.01. The van der Waals surface area contributed by atoms with Crippen molar-refractivity contribution in [3.8, 4) is 6.07 Å². The Labute approximate surface area is 130 Å². The van der Waals surface area contributed by atoms with E-state index in [-0.39, 0.29) is 11.9 Å². The number of nitrogens with one attached hydrogen (secondary N) is 2. The van der Waals surface area contributed by atoms with Crippen molar-refractivity contribution in [2.75, 3.05) is 5.32 Å². The first kappa shape index (κ1) is 15.7. The van der Waals surface area contributed by atoms with Crippen molar-refractivity contribution in [2.45, 2.75) is 26.4 Å². The number of nitriles is 1. The monoisotopic (exact) mass is 293 g/mol. The van der Waals surface area contributed by atoms with Gasteiger partial charge in [-0.1, -0.05) is 24.3 Å². The zero-order valence-corrected chi connectivity index (χ0v) is 12.8. The summed E-state index contributed by atoms with van der Waals surface area (Å²) in [6, 6.07) is 17.6. The van der Waals surface area contributed by atoms with Gasteiger partial charge in [0.2, 0.25) is 5.91 Å². The Morgan fingerprint density at radius 2 is 2.00 bits per heavy atom. The Morgan fingerprint density at radius 3 is 2.73 bits per heavy atom. The van der Waals surface area contributed by atoms with E-state index in [1.54, 1.807) is 6.07 Å². The van der Waals surface area contributed by atoms with Crippen molar-refractivity contribution in [3.63, 3.8) is 0 Å². The molecule has 2 N–H and O–H groups in total. The lowest BCUT2D eigenvalue weighted by molar-refractivity contribution is -0.114. The van der Waals surface area contributed by atoms with E-state index in [9.17, 15) is 4.79 Å². The highest BCUT2D eigenvalue weighted by atomic mass is 16.1. The highest BCUT2D eigenvalue weighted by Gasteiger charge is 2.06. The summed E-state index contributed by atoms with van der Waals surface area (Å²) in [7, 11) is 0. The molecule has 0 heterocycles. The minimum absolute atomic E-state index is 0.0777. The smallest absolute Gasteiger partial charge is 0.221 e. The Hall–Kier alpha value is -2.64. The van der Waals surface area contributed by atoms with E-state index < -0.39 is 0 Å². The van der Waals surface area contributed by atoms with E-state index in [0.29, 0.717) is 12.1 Å². The lowest BCUT2D eigenvalue weighted by Gasteiger charge is -2.15. The van der Waals surface area contributed by atoms with Gasteiger partial charge in [-0.2, -0.15) is 5.26 Å². The highest BCUT2D eigenvalue weighted by Crippen LogP contribution is 2.18. The fourth-order valence-electron chi connectivity index (χ4n) is 2.23. The Bertz CT molecular complexity index is 703. The molecule has 0 radical (unpaired) electrons. The second kappa shape index (κ2) is 7.39. The van der Waals surface area contributed by atoms with Gasteiger partial charge in [-0.05, 0) is 42.3 Å². The number of nitrogens with zero attached hydrogens (tertiary/aromatic N) is 1. The van der Waals surface area contributed by atoms with Crippen molar-refractivity contribution >= 4 is 11.6 Å². The lowest BCUT2D eigenvalue weighted by Crippen LogP contribution is -2.18. The first-order chi connectivity index (χ1) is 10.6. The van der Waals surface area contributed by atoms with Crippen LogP contribution in [0.4, 0.5) is 5.69 Å². The molecule has 0 saturated heterocycles. The van der Waals surface area contributed by atoms with Gasteiger partial charge in [0.05, 0.1) is 11.6 Å². The van der Waals surface area contributed by atoms with Crippen LogP contribution in [0.1, 0.15) is 36.6 Å². The molecule has 22 heavy (non-hydrogen) atoms. The van der Waals surface area contributed by atoms with Gasteiger partial charge in [-0.15, -0.1) is 0 Å². The van der Waals surface area contributed by atoms with Crippen LogP contribution in [-0.2, 0) is 11.3 Å². The number of carbonyl (C=O) groups is 1. The molecule has 2 aromatic rings. The maximum Gasteiger partial charge on any atom is 0.221 e. The van der Waals surface area contributed by atoms with E-state index >= 15 is 0 Å². The molecule has 1 amide bonds. The topological polar surface area (TPSA) is 64.9 Å². The number of carbonyl (C=O) groups excluding carboxylic acids is 1. The molecule has 1 atom stereocenters. The van der Waals surface area contributed by atoms with Crippen molar-refractivity contribution in [1.82, 2.24) is 5.32 Å². The van der Waals surface area contributed by atoms with Crippen LogP contribution in [0.15, 0.2) is 48.5 Å². The lowest BCUT2D eigenvalue weighted by atomic mass is 10.1. The summed E-state index contributed by atoms with van der Waals surface area (Å²) in [5.74, 6) is -0.0777. The zero-order valence-electron chi connectivity index (χ0n) is 12.8. The van der Waals surface area contributed by atoms with Crippen molar-refractivity contribution < 1.29 is 4.79 Å². The average Bonchev–Trinajstić information content (AvgIpc) is 2.52. The Kier molecular flexibility index (Phi) is 5.29. The zero-order chi connectivity index (χ0) is 15.9. The maximum absolute atomic E-state index is 11.1. The van der Waals surface area contributed by atoms with E-state index in [2.05, 4.69) is 23.6 Å². The molecule has 0 saturated carbocycles. The summed E-state index contributed by atoms with van der Waals surface area (Å²) in [6.45, 7) is 4.25. The number of anilines is 1. The van der Waals surface area contributed by atoms with Crippen LogP contribution in [0, 0.1) is 11.3 Å². The molecule has 0 aliphatic rings. The van der Waals surface area contributed by atoms with E-state index in [1.165, 1.54) is 6.92 Å². The molecule has 0 aliphatic heterocycles. The summed E-state index contributed by atoms with van der Waals surface area (Å²) < 4.78 is 0. The van der Waals surface area contributed by atoms with Crippen LogP contribution in [-0.4, -0.2) is 5.91 Å². The fourth-order valence-corrected chi connectivity index (χ4v) is 2.23. The van der Waals surface area contributed by atoms with Gasteiger partial charge in [0.25, 0.3) is 0 Å². The van der Waals surface area contributed by atoms with Gasteiger partial charge in [-0.3, -0.25) is 4.79 Å². The summed E-state index contributed by atoms with van der Waals surface area (Å²) in [5.41, 5.74) is 3.64. The molecule has 0 fully saturated rings. The van der Waals surface area contributed by atoms with E-state index in [0.717, 1.165) is 16.8 Å². The van der Waals surface area contributed by atoms with Crippen molar-refractivity contribution in [1.29, 1.82) is 5.26 Å². The second-order valence-corrected chi connectivity index (χ2v) is 5.22. The molecule has 0 aliphatic carbocycles. The maximum atomic E-state index is 11.1. The quantitative estimate of drug-likeness (QED) is 0.888. The summed E-state index contributed by atoms with van der Waals surface area (Å²) in [5, 5.41) is 15.1. The number of hydrogen-bond acceptors (Lipinski definition) is 3. The van der Waals surface area contributed by atoms with Gasteiger partial charge < -0.3 is 10.6 Å². The third-order valence-corrected chi connectivity index (χ3v) is 3.38. The first-order valence-electron chi connectivity index (χ1n) is 7.18. The summed E-state index contributed by atoms with van der Waals surface area (Å²) in [4.78, 5) is 11.1. The Morgan fingerprint density at radius 1 is 1.23 bits per heavy atom. The molecule has 4 heteroatoms. The molecule has 0 aromatic heterocycles. The van der Waals surface area contributed by atoms with Gasteiger partial charge in [0.1, 0.15) is 0 Å². The average molecular weight is 293 g/mol. The van der Waals surface area contributed by atoms with Gasteiger partial charge in [0, 0.05) is 25.2 Å². The van der Waals surface area contributed by atoms with Crippen LogP contribution < -0.4 is 10.6 Å². The molecule has 2 aromatic carbocycles. The van der Waals surface area contributed by atoms with E-state index in [1.807, 2.05) is 42.5 Å². The molecule has 0 unspecified atom stereocenters. The number of rotatable bonds is 5. The standard InChI is InChI=1S/C18H19N3O/c1-13(17-7-4-8-18(10-17)21-14(2)22)20-12-16-6-3-5-15(9-16)11-19/h3-10,13,20H,12H2,1-2H3,(H,21,22)/t13-/m1/s1. The molecular weight excluding hydrogens is 274 g/mol. The summed E-state index contributed by atoms with van der Waals surface area (Å²) >= 11 is 0. The van der Waals surface area contributed by atoms with E-state index in [4.69, 9.17) is 5.26 Å². The predicted molar refractivity (Wildman–Crippen MR) is 87.2 cm³/mol. The van der Waals surface area contributed by atoms with Gasteiger partial charge in [0.15, 0.2) is 0 Å². The summed E-state index contributed by atoms with van der Waals surface area (Å²) in [6.07, 6.45) is 0. The van der Waals surface area contributed by atoms with Gasteiger partial charge in [-0.25, -0.2) is 0 Å². The fraction of sp³-hybridized carbons (Fsp3) is 0.222. The van der Waals surface area contributed by atoms with Crippen molar-refractivity contribution in [2.24, 2.45) is 0 Å². The number of hydrogen-bond donors (Lipinski definition) is 2. The van der Waals surface area contributed by atoms with Crippen LogP contribution in [0.25, 0.3) is 0 Å². The number of benzene rings is 2. The largest absolute Gasteiger partial charge is 0.326 e. The minimum Gasteiger partial charge on any atom is -0.326 e. The molecule has 0 spiro atoms. The van der Waals surface area contributed by atoms with Gasteiger partial charge >= 0.3 is 0 Å². The molecule has 112 valence electrons. The molecule has 4 nitrogen and oxygen atoms in total. The van der Waals surface area contributed by atoms with Crippen molar-refractivity contribution in [3.05, 3.63) is 65.2 Å². The third kappa shape index (κ3) is 4.44. The normalized spacial score (nSPS) is 11.5. The second-order valence-electron chi connectivity index (χ2n) is 5.22. The first-order valence-corrected chi connectivity index (χ1v) is 7.18. The molecular formula is C18H19N3O. The van der Waals surface area contributed by atoms with Crippen LogP contribution in [0.5, 0.6) is 0 Å². The van der Waals surface area contributed by atoms with Crippen LogP contribution >= 0.6 is 0 Å². The van der Waals surface area contributed by atoms with Crippen LogP contribution in [0.2, 0.25) is 0 Å². The predicted octanol–water partition coefficient (Wildman–Crippen LogP) is 3.37.